The smallest absolute Gasteiger partial charge is 0.334 e. The molecule has 6 rings (SSSR count). The molecule has 0 unspecified atom stereocenters. The van der Waals surface area contributed by atoms with Crippen LogP contribution in [-0.4, -0.2) is 83.0 Å². The van der Waals surface area contributed by atoms with Crippen molar-refractivity contribution in [3.8, 4) is 5.75 Å². The number of benzene rings is 3. The van der Waals surface area contributed by atoms with Crippen LogP contribution in [0.25, 0.3) is 10.1 Å². The van der Waals surface area contributed by atoms with Crippen molar-refractivity contribution in [3.05, 3.63) is 108 Å². The highest BCUT2D eigenvalue weighted by Gasteiger charge is 2.51. The number of phenols is 1. The number of hydrogen-bond acceptors (Lipinski definition) is 8. The number of nitrogens with zero attached hydrogens (tertiary/aromatic N) is 4. The highest BCUT2D eigenvalue weighted by molar-refractivity contribution is 7.90. The van der Waals surface area contributed by atoms with Gasteiger partial charge in [-0.05, 0) is 51.7 Å². The van der Waals surface area contributed by atoms with Gasteiger partial charge in [-0.3, -0.25) is 14.3 Å². The molecule has 2 atom stereocenters. The number of fused-ring (bicyclic) bond motifs is 2. The first-order chi connectivity index (χ1) is 23.0. The Balaban J connectivity index is 1.35. The molecule has 2 saturated heterocycles. The first kappa shape index (κ1) is 33.0. The number of thiophene rings is 1. The van der Waals surface area contributed by atoms with Crippen molar-refractivity contribution in [3.63, 3.8) is 0 Å². The number of urea groups is 1. The zero-order chi connectivity index (χ0) is 34.0. The highest BCUT2D eigenvalue weighted by Crippen LogP contribution is 2.33. The van der Waals surface area contributed by atoms with Gasteiger partial charge in [-0.15, -0.1) is 17.9 Å². The molecule has 1 aromatic heterocycles. The summed E-state index contributed by atoms with van der Waals surface area (Å²) in [7, 11) is -3.95. The van der Waals surface area contributed by atoms with Crippen molar-refractivity contribution >= 4 is 55.2 Å². The first-order valence-electron chi connectivity index (χ1n) is 15.2. The van der Waals surface area contributed by atoms with Gasteiger partial charge in [-0.1, -0.05) is 54.6 Å². The van der Waals surface area contributed by atoms with Crippen molar-refractivity contribution in [1.29, 1.82) is 0 Å². The van der Waals surface area contributed by atoms with Gasteiger partial charge < -0.3 is 20.2 Å². The lowest BCUT2D eigenvalue weighted by Gasteiger charge is -2.55. The fourth-order valence-electron chi connectivity index (χ4n) is 6.19. The molecule has 2 fully saturated rings. The van der Waals surface area contributed by atoms with Crippen molar-refractivity contribution in [2.24, 2.45) is 5.14 Å². The summed E-state index contributed by atoms with van der Waals surface area (Å²) in [5.41, 5.74) is 2.79. The summed E-state index contributed by atoms with van der Waals surface area (Å²) in [5, 5.41) is 23.9. The Morgan fingerprint density at radius 3 is 2.52 bits per heavy atom. The summed E-state index contributed by atoms with van der Waals surface area (Å²) in [5.74, 6) is -0.488. The van der Waals surface area contributed by atoms with E-state index < -0.39 is 28.4 Å². The number of rotatable bonds is 10. The van der Waals surface area contributed by atoms with Gasteiger partial charge in [0.25, 0.3) is 10.2 Å². The number of carbonyl (C=O) groups excluding carboxylic acids is 3. The Bertz CT molecular complexity index is 1950. The molecule has 3 heterocycles. The highest BCUT2D eigenvalue weighted by atomic mass is 32.2. The van der Waals surface area contributed by atoms with Crippen LogP contribution in [0.15, 0.2) is 90.8 Å². The van der Waals surface area contributed by atoms with Crippen molar-refractivity contribution in [2.45, 2.75) is 31.7 Å². The van der Waals surface area contributed by atoms with Crippen LogP contribution in [0.2, 0.25) is 0 Å². The molecule has 0 radical (unpaired) electrons. The minimum Gasteiger partial charge on any atom is -0.508 e. The van der Waals surface area contributed by atoms with Crippen LogP contribution in [0.1, 0.15) is 16.7 Å². The number of aromatic hydroxyl groups is 1. The quantitative estimate of drug-likeness (QED) is 0.186. The summed E-state index contributed by atoms with van der Waals surface area (Å²) in [6.45, 7) is 4.44. The second-order valence-corrected chi connectivity index (χ2v) is 13.8. The minimum absolute atomic E-state index is 0.0471. The zero-order valence-electron chi connectivity index (χ0n) is 25.9. The minimum atomic E-state index is -3.95. The molecule has 15 heteroatoms. The predicted octanol–water partition coefficient (Wildman–Crippen LogP) is 2.96. The maximum absolute atomic E-state index is 14.3. The van der Waals surface area contributed by atoms with Gasteiger partial charge in [-0.25, -0.2) is 20.0 Å². The van der Waals surface area contributed by atoms with E-state index in [4.69, 9.17) is 5.14 Å². The molecule has 0 spiro atoms. The van der Waals surface area contributed by atoms with E-state index in [0.29, 0.717) is 5.69 Å². The molecule has 4 amide bonds. The summed E-state index contributed by atoms with van der Waals surface area (Å²) >= 11 is 1.39. The van der Waals surface area contributed by atoms with Gasteiger partial charge in [0.1, 0.15) is 18.0 Å². The van der Waals surface area contributed by atoms with Crippen LogP contribution in [0.5, 0.6) is 5.75 Å². The van der Waals surface area contributed by atoms with E-state index in [9.17, 15) is 27.9 Å². The van der Waals surface area contributed by atoms with Crippen molar-refractivity contribution in [2.75, 3.05) is 24.4 Å². The fraction of sp³-hybridized carbons (Fsp3) is 0.242. The van der Waals surface area contributed by atoms with Crippen LogP contribution >= 0.6 is 11.3 Å². The number of hydrogen-bond donors (Lipinski definition) is 4. The molecule has 250 valence electrons. The number of nitrogens with one attached hydrogen (secondary N) is 2. The Morgan fingerprint density at radius 1 is 1.06 bits per heavy atom. The lowest BCUT2D eigenvalue weighted by atomic mass is 9.98. The van der Waals surface area contributed by atoms with Crippen LogP contribution in [0, 0.1) is 0 Å². The second kappa shape index (κ2) is 13.6. The Labute approximate surface area is 282 Å². The number of phenolic OH excluding ortho intramolecular Hbond substituents is 1. The molecule has 48 heavy (non-hydrogen) atoms. The maximum atomic E-state index is 14.3. The SMILES string of the molecule is C=CCN1CC(=O)N2[C@@H](Cc3ccc(O)cc3)C(=O)N(Cc3csc4cc(NS(N)(=O)=O)ccc34)C[C@@H]2N1C(=O)NCc1ccccc1. The predicted molar refractivity (Wildman–Crippen MR) is 182 cm³/mol. The molecule has 2 aliphatic heterocycles. The van der Waals surface area contributed by atoms with Gasteiger partial charge in [-0.2, -0.15) is 8.42 Å². The van der Waals surface area contributed by atoms with Crippen LogP contribution in [0.3, 0.4) is 0 Å². The van der Waals surface area contributed by atoms with E-state index in [1.807, 2.05) is 35.7 Å². The largest absolute Gasteiger partial charge is 0.508 e. The zero-order valence-corrected chi connectivity index (χ0v) is 27.5. The molecular formula is C33H35N7O6S2. The fourth-order valence-corrected chi connectivity index (χ4v) is 7.64. The van der Waals surface area contributed by atoms with Crippen LogP contribution in [0.4, 0.5) is 10.5 Å². The Kier molecular flexibility index (Phi) is 9.37. The first-order valence-corrected chi connectivity index (χ1v) is 17.6. The number of hydrazine groups is 1. The summed E-state index contributed by atoms with van der Waals surface area (Å²) in [6, 6.07) is 19.6. The van der Waals surface area contributed by atoms with E-state index >= 15 is 0 Å². The standard InChI is InChI=1S/C33H35N7O6S2/c1-2-14-38-20-31(42)39-28(15-22-8-11-26(41)12-9-22)32(43)37(19-30(39)40(38)33(44)35-17-23-6-4-3-5-7-23)18-24-21-47-29-16-25(10-13-27(24)29)36-48(34,45)46/h2-13,16,21,28,30,36,41H,1,14-15,17-20H2,(H,35,44)(H2,34,45,46)/t28-,30-/m0/s1. The molecule has 13 nitrogen and oxygen atoms in total. The van der Waals surface area contributed by atoms with Crippen molar-refractivity contribution < 1.29 is 27.9 Å². The number of carbonyl (C=O) groups is 3. The van der Waals surface area contributed by atoms with Crippen LogP contribution in [-0.2, 0) is 39.3 Å². The van der Waals surface area contributed by atoms with Gasteiger partial charge in [0.15, 0.2) is 0 Å². The number of nitrogens with two attached hydrogens (primary N) is 1. The van der Waals surface area contributed by atoms with Crippen LogP contribution < -0.4 is 15.2 Å². The normalized spacial score (nSPS) is 18.6. The molecule has 2 aliphatic rings. The number of piperazine rings is 1. The summed E-state index contributed by atoms with van der Waals surface area (Å²) in [4.78, 5) is 45.2. The van der Waals surface area contributed by atoms with E-state index in [-0.39, 0.29) is 56.7 Å². The molecule has 3 aromatic carbocycles. The number of anilines is 1. The molecule has 5 N–H and O–H groups in total. The third-order valence-corrected chi connectivity index (χ3v) is 9.82. The molecule has 0 saturated carbocycles. The third-order valence-electron chi connectivity index (χ3n) is 8.31. The van der Waals surface area contributed by atoms with Gasteiger partial charge in [0.2, 0.25) is 11.8 Å². The van der Waals surface area contributed by atoms with E-state index in [1.54, 1.807) is 46.3 Å². The average molecular weight is 690 g/mol. The van der Waals surface area contributed by atoms with Gasteiger partial charge in [0, 0.05) is 30.8 Å². The van der Waals surface area contributed by atoms with E-state index in [1.165, 1.54) is 33.4 Å². The van der Waals surface area contributed by atoms with Gasteiger partial charge >= 0.3 is 6.03 Å². The Hall–Kier alpha value is -4.96. The third kappa shape index (κ3) is 7.13. The summed E-state index contributed by atoms with van der Waals surface area (Å²) in [6.07, 6.45) is 0.972. The second-order valence-electron chi connectivity index (χ2n) is 11.6. The topological polar surface area (TPSA) is 169 Å². The van der Waals surface area contributed by atoms with Crippen molar-refractivity contribution in [1.82, 2.24) is 25.1 Å². The molecule has 4 aromatic rings. The van der Waals surface area contributed by atoms with Gasteiger partial charge in [0.05, 0.1) is 18.8 Å². The van der Waals surface area contributed by atoms with E-state index in [0.717, 1.165) is 26.8 Å². The van der Waals surface area contributed by atoms with E-state index in [2.05, 4.69) is 16.6 Å². The Morgan fingerprint density at radius 2 is 1.81 bits per heavy atom. The molecular weight excluding hydrogens is 655 g/mol. The molecule has 0 aliphatic carbocycles. The monoisotopic (exact) mass is 689 g/mol. The maximum Gasteiger partial charge on any atom is 0.334 e. The average Bonchev–Trinajstić information content (AvgIpc) is 3.44. The summed E-state index contributed by atoms with van der Waals surface area (Å²) < 4.78 is 26.2. The lowest BCUT2D eigenvalue weighted by Crippen LogP contribution is -2.76. The molecule has 0 bridgehead atoms. The number of amides is 4. The lowest BCUT2D eigenvalue weighted by molar-refractivity contribution is -0.189.